The molecule has 0 fully saturated rings. The number of ether oxygens (including phenoxy) is 4. The number of nitrogens with one attached hydrogen (secondary N) is 1. The van der Waals surface area contributed by atoms with Crippen molar-refractivity contribution in [3.05, 3.63) is 107 Å². The third-order valence-corrected chi connectivity index (χ3v) is 8.03. The Hall–Kier alpha value is -5.84. The van der Waals surface area contributed by atoms with Crippen LogP contribution in [0.1, 0.15) is 33.1 Å². The van der Waals surface area contributed by atoms with Crippen molar-refractivity contribution in [2.24, 2.45) is 0 Å². The van der Waals surface area contributed by atoms with Gasteiger partial charge in [0.1, 0.15) is 24.1 Å². The van der Waals surface area contributed by atoms with E-state index in [4.69, 9.17) is 18.9 Å². The molecular weight excluding hydrogens is 590 g/mol. The van der Waals surface area contributed by atoms with E-state index in [9.17, 15) is 19.2 Å². The van der Waals surface area contributed by atoms with Crippen LogP contribution in [0.4, 0.5) is 11.4 Å². The van der Waals surface area contributed by atoms with E-state index < -0.39 is 36.1 Å². The molecule has 0 radical (unpaired) electrons. The molecule has 11 nitrogen and oxygen atoms in total. The SMILES string of the molecule is COc1ccc(NC(=O)C(c2ccc3c(c2)OCO3)N(Cc2ccccc2C)C(=O)CN2C(=O)C(=O)c3ccccc32)c(OC)c1. The van der Waals surface area contributed by atoms with E-state index in [0.29, 0.717) is 39.9 Å². The summed E-state index contributed by atoms with van der Waals surface area (Å²) in [5.41, 5.74) is 3.06. The van der Waals surface area contributed by atoms with E-state index in [1.807, 2.05) is 31.2 Å². The third-order valence-electron chi connectivity index (χ3n) is 8.03. The van der Waals surface area contributed by atoms with Crippen molar-refractivity contribution in [3.63, 3.8) is 0 Å². The highest BCUT2D eigenvalue weighted by Gasteiger charge is 2.40. The van der Waals surface area contributed by atoms with Gasteiger partial charge in [0.2, 0.25) is 12.7 Å². The Labute approximate surface area is 265 Å². The molecule has 11 heteroatoms. The topological polar surface area (TPSA) is 124 Å². The second-order valence-corrected chi connectivity index (χ2v) is 10.8. The standard InChI is InChI=1S/C35H31N3O8/c1-21-8-4-5-9-23(21)18-38(31(39)19-37-27-11-7-6-10-25(27)33(40)35(37)42)32(22-12-15-28-30(16-22)46-20-45-28)34(41)36-26-14-13-24(43-2)17-29(26)44-3/h4-17,32H,18-20H2,1-3H3,(H,36,41). The van der Waals surface area contributed by atoms with Crippen LogP contribution in [0.15, 0.2) is 84.9 Å². The van der Waals surface area contributed by atoms with Crippen molar-refractivity contribution < 1.29 is 38.1 Å². The zero-order valence-corrected chi connectivity index (χ0v) is 25.4. The highest BCUT2D eigenvalue weighted by Crippen LogP contribution is 2.38. The second kappa shape index (κ2) is 12.6. The van der Waals surface area contributed by atoms with E-state index >= 15 is 0 Å². The normalized spacial score (nSPS) is 13.7. The Morgan fingerprint density at radius 2 is 1.67 bits per heavy atom. The predicted octanol–water partition coefficient (Wildman–Crippen LogP) is 4.68. The lowest BCUT2D eigenvalue weighted by molar-refractivity contribution is -0.139. The van der Waals surface area contributed by atoms with Gasteiger partial charge in [0.15, 0.2) is 11.5 Å². The molecule has 1 atom stereocenters. The van der Waals surface area contributed by atoms with Gasteiger partial charge < -0.3 is 29.2 Å². The summed E-state index contributed by atoms with van der Waals surface area (Å²) in [6, 6.07) is 22.8. The average molecular weight is 622 g/mol. The van der Waals surface area contributed by atoms with E-state index in [1.165, 1.54) is 19.1 Å². The molecule has 234 valence electrons. The van der Waals surface area contributed by atoms with E-state index in [-0.39, 0.29) is 18.9 Å². The average Bonchev–Trinajstić information content (AvgIpc) is 3.64. The number of carbonyl (C=O) groups is 4. The molecule has 1 unspecified atom stereocenters. The number of para-hydroxylation sites is 1. The van der Waals surface area contributed by atoms with Crippen molar-refractivity contribution in [2.45, 2.75) is 19.5 Å². The highest BCUT2D eigenvalue weighted by molar-refractivity contribution is 6.52. The van der Waals surface area contributed by atoms with Crippen LogP contribution in [0.3, 0.4) is 0 Å². The van der Waals surface area contributed by atoms with Crippen LogP contribution in [0, 0.1) is 6.92 Å². The van der Waals surface area contributed by atoms with Crippen molar-refractivity contribution >= 4 is 34.9 Å². The maximum Gasteiger partial charge on any atom is 0.299 e. The zero-order chi connectivity index (χ0) is 32.4. The number of carbonyl (C=O) groups excluding carboxylic acids is 4. The van der Waals surface area contributed by atoms with Gasteiger partial charge in [-0.2, -0.15) is 0 Å². The summed E-state index contributed by atoms with van der Waals surface area (Å²) in [6.07, 6.45) is 0. The smallest absolute Gasteiger partial charge is 0.299 e. The molecule has 0 saturated heterocycles. The van der Waals surface area contributed by atoms with Crippen LogP contribution in [-0.4, -0.2) is 56.0 Å². The van der Waals surface area contributed by atoms with Crippen molar-refractivity contribution in [2.75, 3.05) is 37.8 Å². The Bertz CT molecular complexity index is 1860. The predicted molar refractivity (Wildman–Crippen MR) is 168 cm³/mol. The summed E-state index contributed by atoms with van der Waals surface area (Å²) in [5, 5.41) is 2.92. The number of aryl methyl sites for hydroxylation is 1. The fourth-order valence-electron chi connectivity index (χ4n) is 5.58. The number of hydrogen-bond acceptors (Lipinski definition) is 8. The van der Waals surface area contributed by atoms with Gasteiger partial charge in [0, 0.05) is 12.6 Å². The highest BCUT2D eigenvalue weighted by atomic mass is 16.7. The number of methoxy groups -OCH3 is 2. The number of fused-ring (bicyclic) bond motifs is 2. The molecule has 6 rings (SSSR count). The summed E-state index contributed by atoms with van der Waals surface area (Å²) >= 11 is 0. The molecule has 0 aliphatic carbocycles. The maximum absolute atomic E-state index is 14.4. The summed E-state index contributed by atoms with van der Waals surface area (Å²) in [6.45, 7) is 1.49. The number of hydrogen-bond donors (Lipinski definition) is 1. The Morgan fingerprint density at radius 1 is 0.913 bits per heavy atom. The van der Waals surface area contributed by atoms with Crippen LogP contribution in [0.5, 0.6) is 23.0 Å². The van der Waals surface area contributed by atoms with Gasteiger partial charge >= 0.3 is 0 Å². The van der Waals surface area contributed by atoms with Gasteiger partial charge in [0.25, 0.3) is 17.6 Å². The van der Waals surface area contributed by atoms with Crippen molar-refractivity contribution in [3.8, 4) is 23.0 Å². The molecule has 3 amide bonds. The molecule has 0 spiro atoms. The number of benzene rings is 4. The van der Waals surface area contributed by atoms with E-state index in [0.717, 1.165) is 16.0 Å². The number of ketones is 1. The Balaban J connectivity index is 1.43. The third kappa shape index (κ3) is 5.70. The molecule has 2 heterocycles. The second-order valence-electron chi connectivity index (χ2n) is 10.8. The lowest BCUT2D eigenvalue weighted by atomic mass is 10.0. The van der Waals surface area contributed by atoms with E-state index in [2.05, 4.69) is 5.32 Å². The van der Waals surface area contributed by atoms with Gasteiger partial charge in [-0.15, -0.1) is 0 Å². The molecular formula is C35H31N3O8. The summed E-state index contributed by atoms with van der Waals surface area (Å²) in [4.78, 5) is 57.2. The van der Waals surface area contributed by atoms with E-state index in [1.54, 1.807) is 60.7 Å². The fourth-order valence-corrected chi connectivity index (χ4v) is 5.58. The van der Waals surface area contributed by atoms with Gasteiger partial charge in [-0.1, -0.05) is 42.5 Å². The van der Waals surface area contributed by atoms with Crippen LogP contribution >= 0.6 is 0 Å². The Kier molecular flexibility index (Phi) is 8.30. The van der Waals surface area contributed by atoms with Gasteiger partial charge in [-0.25, -0.2) is 0 Å². The van der Waals surface area contributed by atoms with Gasteiger partial charge in [-0.05, 0) is 60.0 Å². The van der Waals surface area contributed by atoms with Crippen molar-refractivity contribution in [1.29, 1.82) is 0 Å². The first-order valence-corrected chi connectivity index (χ1v) is 14.5. The fraction of sp³-hybridized carbons (Fsp3) is 0.200. The number of amides is 3. The summed E-state index contributed by atoms with van der Waals surface area (Å²) in [7, 11) is 2.99. The molecule has 2 aliphatic heterocycles. The molecule has 4 aromatic rings. The largest absolute Gasteiger partial charge is 0.497 e. The lowest BCUT2D eigenvalue weighted by Crippen LogP contribution is -2.46. The molecule has 4 aromatic carbocycles. The summed E-state index contributed by atoms with van der Waals surface area (Å²) in [5.74, 6) is -0.781. The van der Waals surface area contributed by atoms with Crippen LogP contribution in [-0.2, 0) is 20.9 Å². The number of nitrogens with zero attached hydrogens (tertiary/aromatic N) is 2. The van der Waals surface area contributed by atoms with Crippen LogP contribution in [0.2, 0.25) is 0 Å². The van der Waals surface area contributed by atoms with Gasteiger partial charge in [0.05, 0.1) is 31.2 Å². The lowest BCUT2D eigenvalue weighted by Gasteiger charge is -2.33. The summed E-state index contributed by atoms with van der Waals surface area (Å²) < 4.78 is 21.9. The first-order chi connectivity index (χ1) is 22.3. The monoisotopic (exact) mass is 621 g/mol. The van der Waals surface area contributed by atoms with Crippen molar-refractivity contribution in [1.82, 2.24) is 4.90 Å². The minimum absolute atomic E-state index is 0.0229. The molecule has 0 aromatic heterocycles. The van der Waals surface area contributed by atoms with Gasteiger partial charge in [-0.3, -0.25) is 24.1 Å². The quantitative estimate of drug-likeness (QED) is 0.253. The number of anilines is 2. The number of Topliss-reactive ketones (excluding diaryl/α,β-unsaturated/α-hetero) is 1. The molecule has 46 heavy (non-hydrogen) atoms. The van der Waals surface area contributed by atoms with Crippen LogP contribution in [0.25, 0.3) is 0 Å². The first kappa shape index (κ1) is 30.2. The number of rotatable bonds is 10. The van der Waals surface area contributed by atoms with Crippen LogP contribution < -0.4 is 29.2 Å². The maximum atomic E-state index is 14.4. The minimum atomic E-state index is -1.21. The molecule has 0 saturated carbocycles. The Morgan fingerprint density at radius 3 is 2.46 bits per heavy atom. The first-order valence-electron chi connectivity index (χ1n) is 14.5. The molecule has 2 aliphatic rings. The minimum Gasteiger partial charge on any atom is -0.497 e. The molecule has 0 bridgehead atoms. The molecule has 1 N–H and O–H groups in total. The zero-order valence-electron chi connectivity index (χ0n) is 25.4.